The molecule has 0 aromatic carbocycles. The minimum atomic E-state index is 1.17. The Bertz CT molecular complexity index is 189. The molecule has 1 aliphatic rings. The van der Waals surface area contributed by atoms with Gasteiger partial charge in [-0.15, -0.1) is 0 Å². The second-order valence-electron chi connectivity index (χ2n) is 2.71. The first-order valence-corrected chi connectivity index (χ1v) is 3.69. The van der Waals surface area contributed by atoms with Gasteiger partial charge in [-0.3, -0.25) is 5.32 Å². The molecule has 0 amide bonds. The fraction of sp³-hybridized carbons (Fsp3) is 0.625. The van der Waals surface area contributed by atoms with Crippen molar-refractivity contribution < 1.29 is 4.58 Å². The highest BCUT2D eigenvalue weighted by Crippen LogP contribution is 2.11. The highest BCUT2D eigenvalue weighted by molar-refractivity contribution is 5.53. The largest absolute Gasteiger partial charge is 0.277 e. The molecule has 0 unspecified atom stereocenters. The molecule has 1 N–H and O–H groups in total. The summed E-state index contributed by atoms with van der Waals surface area (Å²) >= 11 is 0. The van der Waals surface area contributed by atoms with Crippen LogP contribution in [0.1, 0.15) is 19.8 Å². The van der Waals surface area contributed by atoms with E-state index < -0.39 is 0 Å². The van der Waals surface area contributed by atoms with Crippen molar-refractivity contribution in [3.63, 3.8) is 0 Å². The third kappa shape index (κ3) is 1.20. The summed E-state index contributed by atoms with van der Waals surface area (Å²) in [5, 5.41) is 3.18. The van der Waals surface area contributed by atoms with Crippen LogP contribution in [0.2, 0.25) is 0 Å². The van der Waals surface area contributed by atoms with Crippen molar-refractivity contribution in [1.82, 2.24) is 5.32 Å². The van der Waals surface area contributed by atoms with Crippen molar-refractivity contribution in [2.75, 3.05) is 14.1 Å². The van der Waals surface area contributed by atoms with E-state index in [9.17, 15) is 0 Å². The molecule has 0 saturated carbocycles. The van der Waals surface area contributed by atoms with E-state index in [1.165, 1.54) is 24.2 Å². The van der Waals surface area contributed by atoms with Gasteiger partial charge in [0.2, 0.25) is 0 Å². The van der Waals surface area contributed by atoms with Gasteiger partial charge in [0.15, 0.2) is 0 Å². The zero-order valence-electron chi connectivity index (χ0n) is 6.94. The summed E-state index contributed by atoms with van der Waals surface area (Å²) in [4.78, 5) is 0. The van der Waals surface area contributed by atoms with E-state index in [0.29, 0.717) is 0 Å². The molecule has 0 aromatic rings. The molecule has 0 radical (unpaired) electrons. The van der Waals surface area contributed by atoms with Crippen molar-refractivity contribution >= 4 is 6.21 Å². The zero-order valence-corrected chi connectivity index (χ0v) is 6.94. The molecular formula is C8H15N2+. The molecule has 10 heavy (non-hydrogen) atoms. The van der Waals surface area contributed by atoms with Crippen LogP contribution in [0.5, 0.6) is 0 Å². The van der Waals surface area contributed by atoms with Gasteiger partial charge in [0, 0.05) is 12.0 Å². The van der Waals surface area contributed by atoms with Crippen LogP contribution >= 0.6 is 0 Å². The summed E-state index contributed by atoms with van der Waals surface area (Å²) < 4.78 is 2.15. The van der Waals surface area contributed by atoms with Crippen LogP contribution in [0.25, 0.3) is 0 Å². The fourth-order valence-electron chi connectivity index (χ4n) is 1.38. The average molecular weight is 139 g/mol. The van der Waals surface area contributed by atoms with Crippen molar-refractivity contribution in [1.29, 1.82) is 0 Å². The van der Waals surface area contributed by atoms with Gasteiger partial charge in [-0.05, 0) is 13.3 Å². The van der Waals surface area contributed by atoms with Crippen molar-refractivity contribution in [2.45, 2.75) is 19.8 Å². The second-order valence-corrected chi connectivity index (χ2v) is 2.71. The van der Waals surface area contributed by atoms with Gasteiger partial charge in [0.05, 0.1) is 20.3 Å². The number of hydrogen-bond acceptors (Lipinski definition) is 1. The summed E-state index contributed by atoms with van der Waals surface area (Å²) in [6, 6.07) is 0. The molecule has 0 spiro atoms. The van der Waals surface area contributed by atoms with Crippen LogP contribution in [-0.2, 0) is 0 Å². The molecule has 2 nitrogen and oxygen atoms in total. The molecule has 0 aliphatic carbocycles. The first-order valence-electron chi connectivity index (χ1n) is 3.69. The number of hydrogen-bond donors (Lipinski definition) is 1. The average Bonchev–Trinajstić information content (AvgIpc) is 1.88. The molecule has 0 atom stereocenters. The van der Waals surface area contributed by atoms with Gasteiger partial charge < -0.3 is 0 Å². The highest BCUT2D eigenvalue weighted by atomic mass is 15.1. The smallest absolute Gasteiger partial charge is 0.272 e. The third-order valence-electron chi connectivity index (χ3n) is 1.92. The molecule has 56 valence electrons. The highest BCUT2D eigenvalue weighted by Gasteiger charge is 2.12. The monoisotopic (exact) mass is 139 g/mol. The maximum atomic E-state index is 3.18. The molecule has 1 rings (SSSR count). The Morgan fingerprint density at radius 1 is 1.60 bits per heavy atom. The Balaban J connectivity index is 2.87. The topological polar surface area (TPSA) is 15.0 Å². The maximum absolute atomic E-state index is 3.18. The second kappa shape index (κ2) is 2.86. The number of nitrogens with zero attached hydrogens (tertiary/aromatic N) is 1. The van der Waals surface area contributed by atoms with Crippen LogP contribution in [-0.4, -0.2) is 24.9 Å². The summed E-state index contributed by atoms with van der Waals surface area (Å²) in [6.45, 7) is 2.18. The summed E-state index contributed by atoms with van der Waals surface area (Å²) in [5.74, 6) is 1.26. The molecule has 2 heteroatoms. The van der Waals surface area contributed by atoms with Crippen molar-refractivity contribution in [3.8, 4) is 0 Å². The zero-order chi connectivity index (χ0) is 7.56. The van der Waals surface area contributed by atoms with E-state index in [-0.39, 0.29) is 0 Å². The predicted molar refractivity (Wildman–Crippen MR) is 43.2 cm³/mol. The maximum Gasteiger partial charge on any atom is 0.272 e. The Kier molecular flexibility index (Phi) is 2.10. The number of nitrogens with one attached hydrogen (secondary N) is 1. The minimum absolute atomic E-state index is 1.17. The van der Waals surface area contributed by atoms with E-state index in [1.54, 1.807) is 0 Å². The van der Waals surface area contributed by atoms with E-state index in [0.717, 1.165) is 0 Å². The fourth-order valence-corrected chi connectivity index (χ4v) is 1.38. The van der Waals surface area contributed by atoms with Gasteiger partial charge >= 0.3 is 0 Å². The molecule has 1 heterocycles. The molecule has 0 bridgehead atoms. The molecule has 0 fully saturated rings. The number of rotatable bonds is 1. The lowest BCUT2D eigenvalue weighted by atomic mass is 10.1. The Hall–Kier alpha value is -0.790. The van der Waals surface area contributed by atoms with Crippen LogP contribution in [0, 0.1) is 0 Å². The molecule has 0 aromatic heterocycles. The van der Waals surface area contributed by atoms with Gasteiger partial charge in [0.25, 0.3) is 5.82 Å². The van der Waals surface area contributed by atoms with Crippen LogP contribution in [0.15, 0.2) is 11.4 Å². The van der Waals surface area contributed by atoms with Crippen molar-refractivity contribution in [3.05, 3.63) is 11.4 Å². The molecule has 0 saturated heterocycles. The minimum Gasteiger partial charge on any atom is -0.277 e. The number of allylic oxidation sites excluding steroid dienone is 1. The summed E-state index contributed by atoms with van der Waals surface area (Å²) in [5.41, 5.74) is 1.45. The van der Waals surface area contributed by atoms with Gasteiger partial charge in [-0.2, -0.15) is 0 Å². The van der Waals surface area contributed by atoms with Crippen LogP contribution in [0.4, 0.5) is 0 Å². The standard InChI is InChI=1S/C8H15N2/c1-7-5-4-6-10(3)8(7)9-2/h6,9H,4-5H2,1-3H3/q+1. The SMILES string of the molecule is CNC1=C(C)CCC=[N+]1C. The summed E-state index contributed by atoms with van der Waals surface area (Å²) in [6.07, 6.45) is 4.58. The van der Waals surface area contributed by atoms with Gasteiger partial charge in [-0.25, -0.2) is 4.58 Å². The first kappa shape index (κ1) is 7.32. The first-order chi connectivity index (χ1) is 4.75. The van der Waals surface area contributed by atoms with Gasteiger partial charge in [-0.1, -0.05) is 0 Å². The third-order valence-corrected chi connectivity index (χ3v) is 1.92. The van der Waals surface area contributed by atoms with E-state index in [1.807, 2.05) is 7.05 Å². The van der Waals surface area contributed by atoms with Crippen LogP contribution in [0.3, 0.4) is 0 Å². The van der Waals surface area contributed by atoms with Crippen LogP contribution < -0.4 is 5.32 Å². The van der Waals surface area contributed by atoms with E-state index in [4.69, 9.17) is 0 Å². The Morgan fingerprint density at radius 2 is 2.30 bits per heavy atom. The van der Waals surface area contributed by atoms with Crippen molar-refractivity contribution in [2.24, 2.45) is 0 Å². The Morgan fingerprint density at radius 3 is 2.70 bits per heavy atom. The quantitative estimate of drug-likeness (QED) is 0.534. The van der Waals surface area contributed by atoms with E-state index >= 15 is 0 Å². The predicted octanol–water partition coefficient (Wildman–Crippen LogP) is 0.944. The Labute approximate surface area is 62.3 Å². The lowest BCUT2D eigenvalue weighted by molar-refractivity contribution is -0.449. The lowest BCUT2D eigenvalue weighted by Crippen LogP contribution is -2.23. The van der Waals surface area contributed by atoms with Gasteiger partial charge in [0.1, 0.15) is 0 Å². The molecular weight excluding hydrogens is 124 g/mol. The normalized spacial score (nSPS) is 18.9. The lowest BCUT2D eigenvalue weighted by Gasteiger charge is -2.10. The molecule has 1 aliphatic heterocycles. The van der Waals surface area contributed by atoms with E-state index in [2.05, 4.69) is 30.1 Å². The summed E-state index contributed by atoms with van der Waals surface area (Å²) in [7, 11) is 4.04.